The summed E-state index contributed by atoms with van der Waals surface area (Å²) < 4.78 is 3.49. The minimum Gasteiger partial charge on any atom is -0.382 e. The molecule has 1 saturated heterocycles. The number of aromatic amines is 1. The first-order chi connectivity index (χ1) is 14.6. The SMILES string of the molecule is NN/N=C(\N)c1c(-c2cccc3[nH]c(N)nc23)ccc(SNC2CCNC2)c1SN. The highest BCUT2D eigenvalue weighted by molar-refractivity contribution is 8.00. The van der Waals surface area contributed by atoms with Gasteiger partial charge in [0.15, 0.2) is 11.8 Å². The number of nitrogens with one attached hydrogen (secondary N) is 4. The fourth-order valence-corrected chi connectivity index (χ4v) is 5.15. The molecule has 1 fully saturated rings. The molecule has 1 aromatic heterocycles. The van der Waals surface area contributed by atoms with Gasteiger partial charge in [-0.1, -0.05) is 18.2 Å². The largest absolute Gasteiger partial charge is 0.382 e. The summed E-state index contributed by atoms with van der Waals surface area (Å²) in [5, 5.41) is 13.5. The van der Waals surface area contributed by atoms with Crippen molar-refractivity contribution in [3.8, 4) is 11.1 Å². The van der Waals surface area contributed by atoms with Crippen LogP contribution in [0.3, 0.4) is 0 Å². The Morgan fingerprint density at radius 3 is 2.83 bits per heavy atom. The summed E-state index contributed by atoms with van der Waals surface area (Å²) >= 11 is 2.65. The topological polar surface area (TPSA) is 181 Å². The second-order valence-corrected chi connectivity index (χ2v) is 8.32. The van der Waals surface area contributed by atoms with Crippen LogP contribution >= 0.6 is 23.9 Å². The molecule has 10 nitrogen and oxygen atoms in total. The number of aromatic nitrogens is 2. The highest BCUT2D eigenvalue weighted by Crippen LogP contribution is 2.38. The van der Waals surface area contributed by atoms with Gasteiger partial charge in [-0.15, -0.1) is 5.10 Å². The monoisotopic (exact) mass is 444 g/mol. The van der Waals surface area contributed by atoms with Crippen molar-refractivity contribution in [2.75, 3.05) is 18.8 Å². The number of nitrogen functional groups attached to an aromatic ring is 1. The van der Waals surface area contributed by atoms with Crippen LogP contribution in [0.5, 0.6) is 0 Å². The zero-order valence-corrected chi connectivity index (χ0v) is 17.7. The van der Waals surface area contributed by atoms with Crippen LogP contribution in [0.1, 0.15) is 12.0 Å². The molecule has 30 heavy (non-hydrogen) atoms. The molecule has 2 aromatic carbocycles. The summed E-state index contributed by atoms with van der Waals surface area (Å²) in [6.45, 7) is 1.95. The van der Waals surface area contributed by atoms with Crippen LogP contribution < -0.4 is 38.0 Å². The first kappa shape index (κ1) is 20.8. The van der Waals surface area contributed by atoms with Crippen molar-refractivity contribution in [3.63, 3.8) is 0 Å². The lowest BCUT2D eigenvalue weighted by atomic mass is 9.97. The fraction of sp³-hybridized carbons (Fsp3) is 0.222. The van der Waals surface area contributed by atoms with Gasteiger partial charge < -0.3 is 21.8 Å². The number of fused-ring (bicyclic) bond motifs is 1. The molecular formula is C18H24N10S2. The Balaban J connectivity index is 1.84. The standard InChI is InChI=1S/C18H24N10S2/c19-17(26-28-21)14-10(11-2-1-3-12-15(11)25-18(20)24-12)4-5-13(16(14)29-22)30-27-9-6-7-23-8-9/h1-5,9,23,27-28H,6-8,21-22H2,(H2,19,26)(H3,20,24,25). The summed E-state index contributed by atoms with van der Waals surface area (Å²) in [7, 11) is 0. The summed E-state index contributed by atoms with van der Waals surface area (Å²) in [6.07, 6.45) is 1.08. The summed E-state index contributed by atoms with van der Waals surface area (Å²) in [5.41, 5.74) is 18.4. The third-order valence-electron chi connectivity index (χ3n) is 4.90. The predicted octanol–water partition coefficient (Wildman–Crippen LogP) is 0.820. The maximum absolute atomic E-state index is 6.30. The number of rotatable bonds is 7. The van der Waals surface area contributed by atoms with E-state index >= 15 is 0 Å². The van der Waals surface area contributed by atoms with Gasteiger partial charge in [-0.3, -0.25) is 9.86 Å². The van der Waals surface area contributed by atoms with E-state index in [4.69, 9.17) is 22.4 Å². The molecule has 0 aliphatic carbocycles. The number of nitrogens with two attached hydrogens (primary N) is 4. The fourth-order valence-electron chi connectivity index (χ4n) is 3.54. The van der Waals surface area contributed by atoms with Crippen molar-refractivity contribution in [3.05, 3.63) is 35.9 Å². The van der Waals surface area contributed by atoms with E-state index in [0.29, 0.717) is 17.6 Å². The molecule has 1 atom stereocenters. The molecule has 4 rings (SSSR count). The van der Waals surface area contributed by atoms with Gasteiger partial charge in [-0.25, -0.2) is 16.4 Å². The van der Waals surface area contributed by atoms with Crippen molar-refractivity contribution in [1.82, 2.24) is 25.5 Å². The van der Waals surface area contributed by atoms with Gasteiger partial charge in [0.25, 0.3) is 0 Å². The molecule has 0 bridgehead atoms. The van der Waals surface area contributed by atoms with Crippen LogP contribution in [0, 0.1) is 0 Å². The molecule has 1 aliphatic rings. The average Bonchev–Trinajstić information content (AvgIpc) is 3.40. The average molecular weight is 445 g/mol. The first-order valence-corrected chi connectivity index (χ1v) is 11.0. The number of imidazole rings is 1. The molecule has 1 aliphatic heterocycles. The molecule has 0 spiro atoms. The number of para-hydroxylation sites is 1. The van der Waals surface area contributed by atoms with Crippen molar-refractivity contribution in [1.29, 1.82) is 0 Å². The maximum Gasteiger partial charge on any atom is 0.198 e. The normalized spacial score (nSPS) is 17.0. The van der Waals surface area contributed by atoms with Crippen LogP contribution in [-0.4, -0.2) is 34.9 Å². The Bertz CT molecular complexity index is 1070. The van der Waals surface area contributed by atoms with Crippen molar-refractivity contribution >= 4 is 46.7 Å². The zero-order chi connectivity index (χ0) is 21.1. The first-order valence-electron chi connectivity index (χ1n) is 9.33. The van der Waals surface area contributed by atoms with E-state index in [2.05, 4.69) is 30.6 Å². The van der Waals surface area contributed by atoms with Crippen molar-refractivity contribution in [2.45, 2.75) is 22.3 Å². The number of hydrogen-bond acceptors (Lipinski definition) is 10. The van der Waals surface area contributed by atoms with Crippen LogP contribution in [0.4, 0.5) is 5.95 Å². The van der Waals surface area contributed by atoms with Crippen molar-refractivity contribution in [2.24, 2.45) is 21.8 Å². The Morgan fingerprint density at radius 1 is 1.23 bits per heavy atom. The summed E-state index contributed by atoms with van der Waals surface area (Å²) in [4.78, 5) is 9.25. The van der Waals surface area contributed by atoms with E-state index in [1.54, 1.807) is 0 Å². The molecular weight excluding hydrogens is 420 g/mol. The number of hydrogen-bond donors (Lipinski definition) is 8. The van der Waals surface area contributed by atoms with Gasteiger partial charge in [0.05, 0.1) is 11.0 Å². The minimum atomic E-state index is 0.228. The van der Waals surface area contributed by atoms with Gasteiger partial charge in [0, 0.05) is 33.5 Å². The number of anilines is 1. The molecule has 0 radical (unpaired) electrons. The smallest absolute Gasteiger partial charge is 0.198 e. The van der Waals surface area contributed by atoms with E-state index in [0.717, 1.165) is 63.4 Å². The Labute approximate surface area is 182 Å². The highest BCUT2D eigenvalue weighted by Gasteiger charge is 2.22. The lowest BCUT2D eigenvalue weighted by molar-refractivity contribution is 0.692. The van der Waals surface area contributed by atoms with Gasteiger partial charge in [0.1, 0.15) is 0 Å². The van der Waals surface area contributed by atoms with Crippen LogP contribution in [0.2, 0.25) is 0 Å². The van der Waals surface area contributed by atoms with Gasteiger partial charge >= 0.3 is 0 Å². The number of benzene rings is 2. The number of nitrogens with zero attached hydrogens (tertiary/aromatic N) is 2. The lowest BCUT2D eigenvalue weighted by Crippen LogP contribution is -2.26. The quantitative estimate of drug-likeness (QED) is 0.0854. The molecule has 1 unspecified atom stereocenters. The van der Waals surface area contributed by atoms with E-state index in [1.165, 1.54) is 11.9 Å². The summed E-state index contributed by atoms with van der Waals surface area (Å²) in [5.74, 6) is 5.98. The Kier molecular flexibility index (Phi) is 6.32. The second kappa shape index (κ2) is 9.12. The molecule has 2 heterocycles. The van der Waals surface area contributed by atoms with Gasteiger partial charge in [-0.2, -0.15) is 0 Å². The molecule has 0 saturated carbocycles. The molecule has 12 N–H and O–H groups in total. The third kappa shape index (κ3) is 4.05. The number of hydrazone groups is 1. The number of H-pyrrole nitrogens is 1. The van der Waals surface area contributed by atoms with E-state index < -0.39 is 0 Å². The van der Waals surface area contributed by atoms with Crippen LogP contribution in [0.15, 0.2) is 45.2 Å². The lowest BCUT2D eigenvalue weighted by Gasteiger charge is -2.18. The van der Waals surface area contributed by atoms with Gasteiger partial charge in [0.2, 0.25) is 0 Å². The minimum absolute atomic E-state index is 0.228. The highest BCUT2D eigenvalue weighted by atomic mass is 32.2. The maximum atomic E-state index is 6.30. The molecule has 3 aromatic rings. The van der Waals surface area contributed by atoms with E-state index in [1.807, 2.05) is 30.3 Å². The number of hydrazine groups is 1. The molecule has 0 amide bonds. The zero-order valence-electron chi connectivity index (χ0n) is 16.1. The second-order valence-electron chi connectivity index (χ2n) is 6.79. The Hall–Kier alpha value is -2.48. The van der Waals surface area contributed by atoms with Crippen LogP contribution in [0.25, 0.3) is 22.2 Å². The molecule has 158 valence electrons. The predicted molar refractivity (Wildman–Crippen MR) is 124 cm³/mol. The summed E-state index contributed by atoms with van der Waals surface area (Å²) in [6, 6.07) is 10.2. The Morgan fingerprint density at radius 2 is 2.10 bits per heavy atom. The van der Waals surface area contributed by atoms with Crippen LogP contribution in [-0.2, 0) is 0 Å². The molecule has 12 heteroatoms. The van der Waals surface area contributed by atoms with Crippen molar-refractivity contribution < 1.29 is 0 Å². The van der Waals surface area contributed by atoms with E-state index in [-0.39, 0.29) is 5.84 Å². The third-order valence-corrected chi connectivity index (χ3v) is 6.70. The van der Waals surface area contributed by atoms with E-state index in [9.17, 15) is 0 Å². The number of amidine groups is 1. The van der Waals surface area contributed by atoms with Gasteiger partial charge in [-0.05, 0) is 54.6 Å².